The summed E-state index contributed by atoms with van der Waals surface area (Å²) in [6.45, 7) is 3.38. The number of hydrogen-bond acceptors (Lipinski definition) is 5. The molecule has 2 aromatic rings. The van der Waals surface area contributed by atoms with E-state index in [-0.39, 0.29) is 10.8 Å². The van der Waals surface area contributed by atoms with Gasteiger partial charge in [-0.2, -0.15) is 4.31 Å². The molecule has 1 aliphatic rings. The number of methoxy groups -OCH3 is 1. The number of aliphatic hydroxyl groups is 1. The van der Waals surface area contributed by atoms with Crippen LogP contribution < -0.4 is 10.1 Å². The Hall–Kier alpha value is -2.42. The summed E-state index contributed by atoms with van der Waals surface area (Å²) >= 11 is 0. The van der Waals surface area contributed by atoms with Crippen LogP contribution in [0.1, 0.15) is 32.3 Å². The lowest BCUT2D eigenvalue weighted by molar-refractivity contribution is -0.114. The number of ether oxygens (including phenoxy) is 1. The zero-order chi connectivity index (χ0) is 21.2. The van der Waals surface area contributed by atoms with E-state index < -0.39 is 21.7 Å². The molecule has 1 amide bonds. The Balaban J connectivity index is 1.89. The molecular formula is C21H26N2O5S. The number of hydrogen-bond donors (Lipinski definition) is 2. The molecule has 3 rings (SSSR count). The summed E-state index contributed by atoms with van der Waals surface area (Å²) in [6.07, 6.45) is 1.22. The average molecular weight is 419 g/mol. The van der Waals surface area contributed by atoms with Crippen molar-refractivity contribution in [2.75, 3.05) is 19.0 Å². The predicted molar refractivity (Wildman–Crippen MR) is 110 cm³/mol. The molecule has 1 saturated heterocycles. The number of rotatable bonds is 6. The van der Waals surface area contributed by atoms with Gasteiger partial charge in [0.1, 0.15) is 11.4 Å². The van der Waals surface area contributed by atoms with Crippen molar-refractivity contribution in [3.8, 4) is 5.75 Å². The number of anilines is 1. The van der Waals surface area contributed by atoms with Gasteiger partial charge in [0.05, 0.1) is 18.0 Å². The standard InChI is InChI=1S/C21H26N2O5S/c1-15(24)22-17-8-12-19(13-9-17)29(26,27)23-14-4-5-20(23)21(2,25)16-6-10-18(28-3)11-7-16/h6-13,20,25H,4-5,14H2,1-3H3,(H,22,24)/t20-,21+/m0/s1. The number of carbonyl (C=O) groups is 1. The third kappa shape index (κ3) is 4.29. The highest BCUT2D eigenvalue weighted by Gasteiger charge is 2.45. The van der Waals surface area contributed by atoms with Crippen LogP contribution in [-0.4, -0.2) is 43.4 Å². The Morgan fingerprint density at radius 3 is 2.34 bits per heavy atom. The first-order valence-electron chi connectivity index (χ1n) is 9.42. The number of benzene rings is 2. The van der Waals surface area contributed by atoms with E-state index >= 15 is 0 Å². The van der Waals surface area contributed by atoms with Crippen molar-refractivity contribution < 1.29 is 23.1 Å². The van der Waals surface area contributed by atoms with E-state index in [0.717, 1.165) is 0 Å². The molecule has 29 heavy (non-hydrogen) atoms. The smallest absolute Gasteiger partial charge is 0.243 e. The number of nitrogens with zero attached hydrogens (tertiary/aromatic N) is 1. The molecule has 0 unspecified atom stereocenters. The zero-order valence-electron chi connectivity index (χ0n) is 16.8. The van der Waals surface area contributed by atoms with Crippen LogP contribution >= 0.6 is 0 Å². The second-order valence-electron chi connectivity index (χ2n) is 7.36. The van der Waals surface area contributed by atoms with Crippen molar-refractivity contribution in [2.24, 2.45) is 0 Å². The Kier molecular flexibility index (Phi) is 5.97. The third-order valence-electron chi connectivity index (χ3n) is 5.31. The minimum absolute atomic E-state index is 0.129. The first-order chi connectivity index (χ1) is 13.7. The molecule has 2 aromatic carbocycles. The zero-order valence-corrected chi connectivity index (χ0v) is 17.6. The molecule has 0 bridgehead atoms. The fraction of sp³-hybridized carbons (Fsp3) is 0.381. The van der Waals surface area contributed by atoms with E-state index in [0.29, 0.717) is 36.4 Å². The fourth-order valence-electron chi connectivity index (χ4n) is 3.76. The van der Waals surface area contributed by atoms with Crippen molar-refractivity contribution in [1.82, 2.24) is 4.31 Å². The largest absolute Gasteiger partial charge is 0.497 e. The Bertz CT molecular complexity index is 969. The molecular weight excluding hydrogens is 392 g/mol. The number of carbonyl (C=O) groups excluding carboxylic acids is 1. The van der Waals surface area contributed by atoms with Gasteiger partial charge in [-0.15, -0.1) is 0 Å². The van der Waals surface area contributed by atoms with E-state index in [1.807, 2.05) is 0 Å². The SMILES string of the molecule is COc1ccc([C@@](C)(O)[C@@H]2CCCN2S(=O)(=O)c2ccc(NC(C)=O)cc2)cc1. The van der Waals surface area contributed by atoms with E-state index in [9.17, 15) is 18.3 Å². The Morgan fingerprint density at radius 2 is 1.79 bits per heavy atom. The van der Waals surface area contributed by atoms with Crippen LogP contribution in [0.15, 0.2) is 53.4 Å². The summed E-state index contributed by atoms with van der Waals surface area (Å²) in [5, 5.41) is 13.9. The quantitative estimate of drug-likeness (QED) is 0.752. The molecule has 1 aliphatic heterocycles. The molecule has 2 atom stereocenters. The molecule has 0 radical (unpaired) electrons. The first-order valence-corrected chi connectivity index (χ1v) is 10.9. The number of amides is 1. The second-order valence-corrected chi connectivity index (χ2v) is 9.25. The van der Waals surface area contributed by atoms with Gasteiger partial charge < -0.3 is 15.2 Å². The maximum Gasteiger partial charge on any atom is 0.243 e. The second kappa shape index (κ2) is 8.14. The lowest BCUT2D eigenvalue weighted by Crippen LogP contribution is -2.48. The van der Waals surface area contributed by atoms with Gasteiger partial charge in [0.25, 0.3) is 0 Å². The van der Waals surface area contributed by atoms with E-state index in [2.05, 4.69) is 5.32 Å². The van der Waals surface area contributed by atoms with Crippen LogP contribution in [0.4, 0.5) is 5.69 Å². The van der Waals surface area contributed by atoms with Gasteiger partial charge >= 0.3 is 0 Å². The number of sulfonamides is 1. The molecule has 0 aliphatic carbocycles. The van der Waals surface area contributed by atoms with Crippen LogP contribution in [0.5, 0.6) is 5.75 Å². The molecule has 1 heterocycles. The lowest BCUT2D eigenvalue weighted by atomic mass is 9.87. The van der Waals surface area contributed by atoms with Gasteiger partial charge in [0.2, 0.25) is 15.9 Å². The minimum Gasteiger partial charge on any atom is -0.497 e. The van der Waals surface area contributed by atoms with Crippen LogP contribution in [-0.2, 0) is 20.4 Å². The molecule has 1 fully saturated rings. The molecule has 0 saturated carbocycles. The maximum absolute atomic E-state index is 13.3. The van der Waals surface area contributed by atoms with Crippen LogP contribution in [0, 0.1) is 0 Å². The third-order valence-corrected chi connectivity index (χ3v) is 7.23. The molecule has 0 aromatic heterocycles. The lowest BCUT2D eigenvalue weighted by Gasteiger charge is -2.36. The van der Waals surface area contributed by atoms with Crippen molar-refractivity contribution in [3.05, 3.63) is 54.1 Å². The van der Waals surface area contributed by atoms with Crippen molar-refractivity contribution in [2.45, 2.75) is 43.2 Å². The molecule has 156 valence electrons. The minimum atomic E-state index is -3.80. The average Bonchev–Trinajstić information content (AvgIpc) is 3.20. The highest BCUT2D eigenvalue weighted by atomic mass is 32.2. The summed E-state index contributed by atoms with van der Waals surface area (Å²) in [7, 11) is -2.24. The van der Waals surface area contributed by atoms with E-state index in [4.69, 9.17) is 4.74 Å². The van der Waals surface area contributed by atoms with Crippen molar-refractivity contribution in [1.29, 1.82) is 0 Å². The van der Waals surface area contributed by atoms with Crippen molar-refractivity contribution >= 4 is 21.6 Å². The van der Waals surface area contributed by atoms with Gasteiger partial charge in [0.15, 0.2) is 0 Å². The summed E-state index contributed by atoms with van der Waals surface area (Å²) in [6, 6.07) is 12.5. The summed E-state index contributed by atoms with van der Waals surface area (Å²) in [4.78, 5) is 11.3. The molecule has 0 spiro atoms. The molecule has 8 heteroatoms. The van der Waals surface area contributed by atoms with Crippen LogP contribution in [0.3, 0.4) is 0 Å². The summed E-state index contributed by atoms with van der Waals surface area (Å²) in [5.74, 6) is 0.440. The monoisotopic (exact) mass is 418 g/mol. The Labute approximate surface area is 171 Å². The first kappa shape index (κ1) is 21.3. The summed E-state index contributed by atoms with van der Waals surface area (Å²) in [5.41, 5.74) is -0.197. The highest BCUT2D eigenvalue weighted by Crippen LogP contribution is 2.38. The fourth-order valence-corrected chi connectivity index (χ4v) is 5.53. The molecule has 2 N–H and O–H groups in total. The van der Waals surface area contributed by atoms with Crippen LogP contribution in [0.2, 0.25) is 0 Å². The maximum atomic E-state index is 13.3. The summed E-state index contributed by atoms with van der Waals surface area (Å²) < 4.78 is 33.1. The van der Waals surface area contributed by atoms with Gasteiger partial charge in [-0.25, -0.2) is 8.42 Å². The van der Waals surface area contributed by atoms with Gasteiger partial charge in [-0.05, 0) is 61.7 Å². The predicted octanol–water partition coefficient (Wildman–Crippen LogP) is 2.71. The van der Waals surface area contributed by atoms with Gasteiger partial charge in [-0.1, -0.05) is 12.1 Å². The Morgan fingerprint density at radius 1 is 1.17 bits per heavy atom. The normalized spacial score (nSPS) is 19.5. The number of nitrogens with one attached hydrogen (secondary N) is 1. The van der Waals surface area contributed by atoms with E-state index in [1.165, 1.54) is 23.4 Å². The van der Waals surface area contributed by atoms with Crippen LogP contribution in [0.25, 0.3) is 0 Å². The van der Waals surface area contributed by atoms with Crippen molar-refractivity contribution in [3.63, 3.8) is 0 Å². The highest BCUT2D eigenvalue weighted by molar-refractivity contribution is 7.89. The van der Waals surface area contributed by atoms with E-state index in [1.54, 1.807) is 50.4 Å². The topological polar surface area (TPSA) is 95.9 Å². The molecule has 7 nitrogen and oxygen atoms in total. The van der Waals surface area contributed by atoms with Gasteiger partial charge in [0, 0.05) is 19.2 Å². The van der Waals surface area contributed by atoms with Gasteiger partial charge in [-0.3, -0.25) is 4.79 Å².